The predicted octanol–water partition coefficient (Wildman–Crippen LogP) is 3.61. The van der Waals surface area contributed by atoms with E-state index >= 15 is 0 Å². The number of hydrogen-bond donors (Lipinski definition) is 2. The van der Waals surface area contributed by atoms with Gasteiger partial charge in [0.1, 0.15) is 5.01 Å². The molecule has 2 aliphatic heterocycles. The Hall–Kier alpha value is -3.05. The first-order chi connectivity index (χ1) is 17.1. The first kappa shape index (κ1) is 30.2. The highest BCUT2D eigenvalue weighted by Crippen LogP contribution is 2.40. The third-order valence-corrected chi connectivity index (χ3v) is 5.82. The van der Waals surface area contributed by atoms with Crippen molar-refractivity contribution in [2.75, 3.05) is 26.3 Å². The summed E-state index contributed by atoms with van der Waals surface area (Å²) in [5.74, 6) is -5.58. The van der Waals surface area contributed by atoms with Crippen LogP contribution in [0.5, 0.6) is 5.88 Å². The van der Waals surface area contributed by atoms with Gasteiger partial charge in [0.2, 0.25) is 5.88 Å². The van der Waals surface area contributed by atoms with E-state index in [4.69, 9.17) is 29.3 Å². The molecular weight excluding hydrogens is 543 g/mol. The van der Waals surface area contributed by atoms with Crippen LogP contribution in [-0.4, -0.2) is 81.3 Å². The molecule has 0 radical (unpaired) electrons. The van der Waals surface area contributed by atoms with Gasteiger partial charge in [0.15, 0.2) is 5.82 Å². The van der Waals surface area contributed by atoms with E-state index in [1.807, 2.05) is 11.6 Å². The summed E-state index contributed by atoms with van der Waals surface area (Å²) in [6.45, 7) is 3.81. The second kappa shape index (κ2) is 12.5. The summed E-state index contributed by atoms with van der Waals surface area (Å²) in [5.41, 5.74) is -0.150. The highest BCUT2D eigenvalue weighted by molar-refractivity contribution is 7.09. The van der Waals surface area contributed by atoms with Gasteiger partial charge in [-0.05, 0) is 18.6 Å². The summed E-state index contributed by atoms with van der Waals surface area (Å²) in [5, 5.41) is 17.4. The molecule has 1 unspecified atom stereocenters. The minimum Gasteiger partial charge on any atom is -0.475 e. The lowest BCUT2D eigenvalue weighted by Crippen LogP contribution is -2.64. The van der Waals surface area contributed by atoms with Gasteiger partial charge in [-0.1, -0.05) is 0 Å². The van der Waals surface area contributed by atoms with Gasteiger partial charge in [0, 0.05) is 43.4 Å². The van der Waals surface area contributed by atoms with Crippen LogP contribution in [0.1, 0.15) is 11.4 Å². The zero-order chi connectivity index (χ0) is 27.9. The van der Waals surface area contributed by atoms with Crippen LogP contribution >= 0.6 is 11.3 Å². The van der Waals surface area contributed by atoms with Crippen molar-refractivity contribution in [1.82, 2.24) is 14.9 Å². The molecular formula is C20H20F7N3O6S. The Labute approximate surface area is 208 Å². The van der Waals surface area contributed by atoms with Crippen LogP contribution in [0.2, 0.25) is 0 Å². The minimum absolute atomic E-state index is 0.0773. The lowest BCUT2D eigenvalue weighted by Gasteiger charge is -2.49. The molecule has 2 fully saturated rings. The zero-order valence-corrected chi connectivity index (χ0v) is 19.4. The Morgan fingerprint density at radius 2 is 1.70 bits per heavy atom. The molecule has 0 aromatic carbocycles. The maximum Gasteiger partial charge on any atom is 0.490 e. The van der Waals surface area contributed by atoms with Gasteiger partial charge >= 0.3 is 24.3 Å². The number of hydrogen-bond acceptors (Lipinski definition) is 8. The molecule has 206 valence electrons. The van der Waals surface area contributed by atoms with Gasteiger partial charge < -0.3 is 19.7 Å². The molecule has 1 spiro atoms. The van der Waals surface area contributed by atoms with Crippen molar-refractivity contribution in [2.45, 2.75) is 30.9 Å². The molecule has 9 nitrogen and oxygen atoms in total. The van der Waals surface area contributed by atoms with E-state index in [-0.39, 0.29) is 17.4 Å². The number of carboxylic acid groups (broad SMARTS) is 2. The molecule has 4 heterocycles. The van der Waals surface area contributed by atoms with Crippen LogP contribution in [0.25, 0.3) is 0 Å². The monoisotopic (exact) mass is 563 g/mol. The number of carboxylic acids is 2. The van der Waals surface area contributed by atoms with E-state index < -0.39 is 30.1 Å². The van der Waals surface area contributed by atoms with Crippen LogP contribution in [0.3, 0.4) is 0 Å². The smallest absolute Gasteiger partial charge is 0.475 e. The van der Waals surface area contributed by atoms with Crippen LogP contribution < -0.4 is 4.74 Å². The standard InChI is InChI=1S/C16H18FN3O2S.2C2HF3O2/c17-13-2-1-4-19-15(13)21-9-12-3-6-22-16(12)10-20(11-16)8-14-18-5-7-23-14;2*3-2(4,5)1(6)7/h1-2,4-5,7,12H,3,6,8-11H2;2*(H,6,7). The first-order valence-electron chi connectivity index (χ1n) is 10.2. The third-order valence-electron chi connectivity index (χ3n) is 5.06. The number of aromatic nitrogens is 2. The Kier molecular flexibility index (Phi) is 10.2. The fraction of sp³-hybridized carbons (Fsp3) is 0.500. The van der Waals surface area contributed by atoms with Crippen molar-refractivity contribution >= 4 is 23.3 Å². The van der Waals surface area contributed by atoms with Crippen molar-refractivity contribution in [3.63, 3.8) is 0 Å². The molecule has 2 aromatic heterocycles. The average molecular weight is 563 g/mol. The molecule has 2 saturated heterocycles. The number of nitrogens with zero attached hydrogens (tertiary/aromatic N) is 3. The summed E-state index contributed by atoms with van der Waals surface area (Å²) in [7, 11) is 0. The lowest BCUT2D eigenvalue weighted by atomic mass is 9.81. The highest BCUT2D eigenvalue weighted by atomic mass is 32.1. The number of likely N-dealkylation sites (tertiary alicyclic amines) is 1. The van der Waals surface area contributed by atoms with E-state index in [9.17, 15) is 30.7 Å². The molecule has 4 rings (SSSR count). The van der Waals surface area contributed by atoms with Crippen molar-refractivity contribution in [2.24, 2.45) is 5.92 Å². The van der Waals surface area contributed by atoms with E-state index in [1.54, 1.807) is 23.6 Å². The fourth-order valence-corrected chi connectivity index (χ4v) is 4.03. The van der Waals surface area contributed by atoms with E-state index in [2.05, 4.69) is 14.9 Å². The van der Waals surface area contributed by atoms with Gasteiger partial charge in [0.05, 0.1) is 18.8 Å². The van der Waals surface area contributed by atoms with Gasteiger partial charge in [-0.3, -0.25) is 4.90 Å². The normalized spacial score (nSPS) is 18.6. The summed E-state index contributed by atoms with van der Waals surface area (Å²) in [6.07, 6.45) is -5.85. The van der Waals surface area contributed by atoms with Gasteiger partial charge in [0.25, 0.3) is 0 Å². The molecule has 17 heteroatoms. The van der Waals surface area contributed by atoms with E-state index in [0.717, 1.165) is 37.7 Å². The van der Waals surface area contributed by atoms with Gasteiger partial charge in [-0.25, -0.2) is 23.9 Å². The van der Waals surface area contributed by atoms with Crippen molar-refractivity contribution in [3.05, 3.63) is 40.7 Å². The van der Waals surface area contributed by atoms with E-state index in [0.29, 0.717) is 6.61 Å². The number of aliphatic carboxylic acids is 2. The minimum atomic E-state index is -5.08. The number of rotatable bonds is 5. The van der Waals surface area contributed by atoms with Crippen LogP contribution in [0, 0.1) is 11.7 Å². The molecule has 2 aromatic rings. The zero-order valence-electron chi connectivity index (χ0n) is 18.6. The highest BCUT2D eigenvalue weighted by Gasteiger charge is 2.53. The lowest BCUT2D eigenvalue weighted by molar-refractivity contribution is -0.193. The second-order valence-corrected chi connectivity index (χ2v) is 8.66. The SMILES string of the molecule is Fc1cccnc1OCC1CCOC12CN(Cc1nccs1)C2.O=C(O)C(F)(F)F.O=C(O)C(F)(F)F. The van der Waals surface area contributed by atoms with Crippen molar-refractivity contribution in [3.8, 4) is 5.88 Å². The predicted molar refractivity (Wildman–Crippen MR) is 111 cm³/mol. The molecule has 37 heavy (non-hydrogen) atoms. The Morgan fingerprint density at radius 1 is 1.11 bits per heavy atom. The topological polar surface area (TPSA) is 122 Å². The molecule has 0 bridgehead atoms. The number of pyridine rings is 1. The number of ether oxygens (including phenoxy) is 2. The second-order valence-electron chi connectivity index (χ2n) is 7.68. The molecule has 0 aliphatic carbocycles. The quantitative estimate of drug-likeness (QED) is 0.526. The van der Waals surface area contributed by atoms with Crippen molar-refractivity contribution in [1.29, 1.82) is 0 Å². The van der Waals surface area contributed by atoms with Crippen LogP contribution in [-0.2, 0) is 20.9 Å². The summed E-state index contributed by atoms with van der Waals surface area (Å²) >= 11 is 1.67. The van der Waals surface area contributed by atoms with E-state index in [1.165, 1.54) is 6.07 Å². The molecule has 2 N–H and O–H groups in total. The summed E-state index contributed by atoms with van der Waals surface area (Å²) < 4.78 is 88.7. The fourth-order valence-electron chi connectivity index (χ4n) is 3.37. The molecule has 2 aliphatic rings. The van der Waals surface area contributed by atoms with Crippen LogP contribution in [0.4, 0.5) is 30.7 Å². The number of halogens is 7. The maximum absolute atomic E-state index is 13.6. The first-order valence-corrected chi connectivity index (χ1v) is 11.1. The average Bonchev–Trinajstić information content (AvgIpc) is 3.43. The molecule has 1 atom stereocenters. The maximum atomic E-state index is 13.6. The van der Waals surface area contributed by atoms with Crippen molar-refractivity contribution < 1.29 is 60.0 Å². The summed E-state index contributed by atoms with van der Waals surface area (Å²) in [6, 6.07) is 2.92. The van der Waals surface area contributed by atoms with Gasteiger partial charge in [-0.15, -0.1) is 11.3 Å². The van der Waals surface area contributed by atoms with Crippen LogP contribution in [0.15, 0.2) is 29.9 Å². The number of thiazole rings is 1. The number of alkyl halides is 6. The Morgan fingerprint density at radius 3 is 2.19 bits per heavy atom. The number of carbonyl (C=O) groups is 2. The Bertz CT molecular complexity index is 1010. The Balaban J connectivity index is 0.000000286. The molecule has 0 amide bonds. The summed E-state index contributed by atoms with van der Waals surface area (Å²) in [4.78, 5) is 28.4. The van der Waals surface area contributed by atoms with Gasteiger partial charge in [-0.2, -0.15) is 26.3 Å². The third kappa shape index (κ3) is 9.08. The molecule has 0 saturated carbocycles. The largest absolute Gasteiger partial charge is 0.490 e.